The van der Waals surface area contributed by atoms with E-state index in [1.54, 1.807) is 25.3 Å². The lowest BCUT2D eigenvalue weighted by atomic mass is 10.1. The first-order valence-electron chi connectivity index (χ1n) is 10.6. The van der Waals surface area contributed by atoms with Crippen molar-refractivity contribution in [1.82, 2.24) is 15.3 Å². The molecule has 0 saturated carbocycles. The Hall–Kier alpha value is -4.19. The van der Waals surface area contributed by atoms with Crippen LogP contribution in [0.25, 0.3) is 11.3 Å². The maximum Gasteiger partial charge on any atom is 0.251 e. The van der Waals surface area contributed by atoms with Crippen LogP contribution in [0.15, 0.2) is 85.2 Å². The molecule has 33 heavy (non-hydrogen) atoms. The van der Waals surface area contributed by atoms with Crippen LogP contribution in [0, 0.1) is 6.92 Å². The van der Waals surface area contributed by atoms with Crippen LogP contribution in [-0.4, -0.2) is 23.0 Å². The van der Waals surface area contributed by atoms with Crippen molar-refractivity contribution >= 4 is 5.91 Å². The predicted octanol–water partition coefficient (Wildman–Crippen LogP) is 5.74. The van der Waals surface area contributed by atoms with Crippen LogP contribution >= 0.6 is 0 Å². The molecule has 1 heterocycles. The molecule has 0 aliphatic carbocycles. The lowest BCUT2D eigenvalue weighted by Crippen LogP contribution is -2.26. The standard InChI is InChI=1S/C27H25N3O3/c1-18-8-10-20(11-9-18)19(2)30-27(31)22-14-12-21(13-15-22)23-16-26(29-17-28-23)33-25-7-5-4-6-24(25)32-3/h4-17,19H,1-3H3,(H,30,31)/t19-/m0/s1. The van der Waals surface area contributed by atoms with E-state index >= 15 is 0 Å². The number of amides is 1. The summed E-state index contributed by atoms with van der Waals surface area (Å²) >= 11 is 0. The first kappa shape index (κ1) is 22.0. The summed E-state index contributed by atoms with van der Waals surface area (Å²) in [6.07, 6.45) is 1.45. The van der Waals surface area contributed by atoms with Crippen molar-refractivity contribution in [1.29, 1.82) is 0 Å². The minimum Gasteiger partial charge on any atom is -0.493 e. The van der Waals surface area contributed by atoms with Crippen LogP contribution in [0.1, 0.15) is 34.5 Å². The van der Waals surface area contributed by atoms with Gasteiger partial charge >= 0.3 is 0 Å². The molecule has 166 valence electrons. The van der Waals surface area contributed by atoms with E-state index in [1.807, 2.05) is 74.5 Å². The van der Waals surface area contributed by atoms with Crippen molar-refractivity contribution < 1.29 is 14.3 Å². The summed E-state index contributed by atoms with van der Waals surface area (Å²) in [5, 5.41) is 3.04. The largest absolute Gasteiger partial charge is 0.493 e. The zero-order valence-electron chi connectivity index (χ0n) is 18.8. The van der Waals surface area contributed by atoms with Crippen molar-refractivity contribution in [2.45, 2.75) is 19.9 Å². The minimum absolute atomic E-state index is 0.0886. The second-order valence-electron chi connectivity index (χ2n) is 7.68. The maximum atomic E-state index is 12.7. The number of ether oxygens (including phenoxy) is 2. The number of aryl methyl sites for hydroxylation is 1. The van der Waals surface area contributed by atoms with Gasteiger partial charge in [0.25, 0.3) is 5.91 Å². The minimum atomic E-state index is -0.127. The summed E-state index contributed by atoms with van der Waals surface area (Å²) in [5.74, 6) is 1.46. The molecule has 0 radical (unpaired) electrons. The molecular weight excluding hydrogens is 414 g/mol. The van der Waals surface area contributed by atoms with Gasteiger partial charge in [0.15, 0.2) is 11.5 Å². The Labute approximate surface area is 193 Å². The smallest absolute Gasteiger partial charge is 0.251 e. The number of hydrogen-bond acceptors (Lipinski definition) is 5. The summed E-state index contributed by atoms with van der Waals surface area (Å²) in [5.41, 5.74) is 4.38. The Bertz CT molecular complexity index is 1240. The zero-order valence-corrected chi connectivity index (χ0v) is 18.8. The lowest BCUT2D eigenvalue weighted by molar-refractivity contribution is 0.0940. The van der Waals surface area contributed by atoms with Crippen LogP contribution < -0.4 is 14.8 Å². The molecule has 6 heteroatoms. The molecule has 0 unspecified atom stereocenters. The summed E-state index contributed by atoms with van der Waals surface area (Å²) in [7, 11) is 1.59. The molecule has 0 saturated heterocycles. The van der Waals surface area contributed by atoms with Crippen molar-refractivity contribution in [2.75, 3.05) is 7.11 Å². The summed E-state index contributed by atoms with van der Waals surface area (Å²) in [4.78, 5) is 21.2. The third-order valence-corrected chi connectivity index (χ3v) is 5.29. The normalized spacial score (nSPS) is 11.5. The van der Waals surface area contributed by atoms with Gasteiger partial charge in [-0.2, -0.15) is 0 Å². The molecule has 0 bridgehead atoms. The fourth-order valence-corrected chi connectivity index (χ4v) is 3.38. The van der Waals surface area contributed by atoms with Crippen molar-refractivity contribution in [3.05, 3.63) is 102 Å². The molecule has 0 aliphatic rings. The van der Waals surface area contributed by atoms with Gasteiger partial charge in [-0.15, -0.1) is 0 Å². The van der Waals surface area contributed by atoms with Gasteiger partial charge in [0.2, 0.25) is 5.88 Å². The van der Waals surface area contributed by atoms with E-state index in [2.05, 4.69) is 15.3 Å². The molecule has 0 spiro atoms. The molecule has 1 aromatic heterocycles. The van der Waals surface area contributed by atoms with Crippen molar-refractivity contribution in [2.24, 2.45) is 0 Å². The highest BCUT2D eigenvalue weighted by Crippen LogP contribution is 2.31. The number of carbonyl (C=O) groups is 1. The van der Waals surface area contributed by atoms with Crippen LogP contribution in [0.3, 0.4) is 0 Å². The third kappa shape index (κ3) is 5.36. The fourth-order valence-electron chi connectivity index (χ4n) is 3.38. The van der Waals surface area contributed by atoms with Gasteiger partial charge in [-0.1, -0.05) is 54.1 Å². The maximum absolute atomic E-state index is 12.7. The van der Waals surface area contributed by atoms with Crippen molar-refractivity contribution in [3.8, 4) is 28.6 Å². The van der Waals surface area contributed by atoms with E-state index in [9.17, 15) is 4.79 Å². The van der Waals surface area contributed by atoms with E-state index in [4.69, 9.17) is 9.47 Å². The SMILES string of the molecule is COc1ccccc1Oc1cc(-c2ccc(C(=O)N[C@@H](C)c3ccc(C)cc3)cc2)ncn1. The number of para-hydroxylation sites is 2. The summed E-state index contributed by atoms with van der Waals surface area (Å²) < 4.78 is 11.2. The number of rotatable bonds is 7. The number of methoxy groups -OCH3 is 1. The number of nitrogens with zero attached hydrogens (tertiary/aromatic N) is 2. The molecule has 0 aliphatic heterocycles. The third-order valence-electron chi connectivity index (χ3n) is 5.29. The van der Waals surface area contributed by atoms with Crippen LogP contribution in [0.2, 0.25) is 0 Å². The molecule has 0 fully saturated rings. The quantitative estimate of drug-likeness (QED) is 0.397. The van der Waals surface area contributed by atoms with E-state index in [1.165, 1.54) is 11.9 Å². The van der Waals surface area contributed by atoms with Gasteiger partial charge in [0.05, 0.1) is 18.8 Å². The number of aromatic nitrogens is 2. The number of carbonyl (C=O) groups excluding carboxylic acids is 1. The van der Waals surface area contributed by atoms with E-state index in [0.717, 1.165) is 11.1 Å². The fraction of sp³-hybridized carbons (Fsp3) is 0.148. The molecule has 3 aromatic carbocycles. The molecule has 1 amide bonds. The average molecular weight is 440 g/mol. The molecule has 6 nitrogen and oxygen atoms in total. The first-order chi connectivity index (χ1) is 16.0. The van der Waals surface area contributed by atoms with E-state index < -0.39 is 0 Å². The highest BCUT2D eigenvalue weighted by atomic mass is 16.5. The number of benzene rings is 3. The molecular formula is C27H25N3O3. The number of nitrogens with one attached hydrogen (secondary N) is 1. The predicted molar refractivity (Wildman–Crippen MR) is 128 cm³/mol. The average Bonchev–Trinajstić information content (AvgIpc) is 2.85. The highest BCUT2D eigenvalue weighted by molar-refractivity contribution is 5.94. The van der Waals surface area contributed by atoms with Gasteiger partial charge in [0, 0.05) is 17.2 Å². The Balaban J connectivity index is 1.46. The Morgan fingerprint density at radius 2 is 1.61 bits per heavy atom. The van der Waals surface area contributed by atoms with Gasteiger partial charge < -0.3 is 14.8 Å². The van der Waals surface area contributed by atoms with Crippen LogP contribution in [0.5, 0.6) is 17.4 Å². The van der Waals surface area contributed by atoms with E-state index in [0.29, 0.717) is 28.6 Å². The Morgan fingerprint density at radius 3 is 2.30 bits per heavy atom. The zero-order chi connectivity index (χ0) is 23.2. The number of hydrogen-bond donors (Lipinski definition) is 1. The highest BCUT2D eigenvalue weighted by Gasteiger charge is 2.12. The lowest BCUT2D eigenvalue weighted by Gasteiger charge is -2.15. The monoisotopic (exact) mass is 439 g/mol. The summed E-state index contributed by atoms with van der Waals surface area (Å²) in [6.45, 7) is 4.01. The van der Waals surface area contributed by atoms with Gasteiger partial charge in [0.1, 0.15) is 6.33 Å². The molecule has 4 rings (SSSR count). The van der Waals surface area contributed by atoms with Gasteiger partial charge in [-0.3, -0.25) is 4.79 Å². The molecule has 4 aromatic rings. The topological polar surface area (TPSA) is 73.3 Å². The van der Waals surface area contributed by atoms with Crippen molar-refractivity contribution in [3.63, 3.8) is 0 Å². The van der Waals surface area contributed by atoms with Crippen LogP contribution in [-0.2, 0) is 0 Å². The first-order valence-corrected chi connectivity index (χ1v) is 10.6. The summed E-state index contributed by atoms with van der Waals surface area (Å²) in [6, 6.07) is 24.5. The molecule has 1 atom stereocenters. The second-order valence-corrected chi connectivity index (χ2v) is 7.68. The van der Waals surface area contributed by atoms with Gasteiger partial charge in [-0.05, 0) is 43.7 Å². The van der Waals surface area contributed by atoms with E-state index in [-0.39, 0.29) is 11.9 Å². The van der Waals surface area contributed by atoms with Crippen LogP contribution in [0.4, 0.5) is 0 Å². The molecule has 1 N–H and O–H groups in total. The second kappa shape index (κ2) is 9.96. The van der Waals surface area contributed by atoms with Gasteiger partial charge in [-0.25, -0.2) is 9.97 Å². The Kier molecular flexibility index (Phi) is 6.64. The Morgan fingerprint density at radius 1 is 0.909 bits per heavy atom.